The van der Waals surface area contributed by atoms with Crippen molar-refractivity contribution in [2.24, 2.45) is 17.8 Å². The Morgan fingerprint density at radius 1 is 1.09 bits per heavy atom. The molecular formula is C26H26N2O2S2. The minimum Gasteiger partial charge on any atom is -0.325 e. The Morgan fingerprint density at radius 2 is 1.91 bits per heavy atom. The van der Waals surface area contributed by atoms with E-state index in [4.69, 9.17) is 0 Å². The van der Waals surface area contributed by atoms with Gasteiger partial charge in [0.05, 0.1) is 5.03 Å². The summed E-state index contributed by atoms with van der Waals surface area (Å²) in [6.07, 6.45) is 3.94. The van der Waals surface area contributed by atoms with Crippen LogP contribution in [0.15, 0.2) is 64.4 Å². The monoisotopic (exact) mass is 462 g/mol. The summed E-state index contributed by atoms with van der Waals surface area (Å²) in [5, 5.41) is 4.55. The van der Waals surface area contributed by atoms with Crippen LogP contribution in [-0.2, 0) is 11.3 Å². The molecule has 0 radical (unpaired) electrons. The van der Waals surface area contributed by atoms with Crippen molar-refractivity contribution in [3.63, 3.8) is 0 Å². The number of aryl methyl sites for hydroxylation is 1. The Labute approximate surface area is 196 Å². The standard InChI is InChI=1S/C26H26N2O2S2/c1-15-6-5-9-19(12-15)27-20(29)14-28-25-24(32-26(28)30)21(16-7-3-2-4-8-16)22-17-10-11-18(13-17)23(22)31-25/h2-9,12,17-18,21-23H,10-11,13-14H2,1H3,(H,27,29)/t17?,18?,21-,22?,23?/m1/s1. The number of thioether (sulfide) groups is 1. The van der Waals surface area contributed by atoms with Gasteiger partial charge in [0.2, 0.25) is 5.91 Å². The zero-order valence-electron chi connectivity index (χ0n) is 18.0. The fourth-order valence-corrected chi connectivity index (χ4v) is 9.34. The highest BCUT2D eigenvalue weighted by Crippen LogP contribution is 2.63. The van der Waals surface area contributed by atoms with Crippen molar-refractivity contribution in [1.29, 1.82) is 0 Å². The van der Waals surface area contributed by atoms with Crippen molar-refractivity contribution in [1.82, 2.24) is 4.57 Å². The number of benzene rings is 2. The molecule has 6 rings (SSSR count). The van der Waals surface area contributed by atoms with Gasteiger partial charge in [0.15, 0.2) is 0 Å². The molecule has 32 heavy (non-hydrogen) atoms. The van der Waals surface area contributed by atoms with Crippen molar-refractivity contribution in [2.75, 3.05) is 5.32 Å². The van der Waals surface area contributed by atoms with E-state index in [2.05, 4.69) is 35.6 Å². The van der Waals surface area contributed by atoms with E-state index in [1.165, 1.54) is 41.0 Å². The molecule has 2 aromatic carbocycles. The number of aromatic nitrogens is 1. The van der Waals surface area contributed by atoms with Gasteiger partial charge < -0.3 is 5.32 Å². The Kier molecular flexibility index (Phi) is 5.03. The molecule has 4 unspecified atom stereocenters. The highest BCUT2D eigenvalue weighted by Gasteiger charge is 2.55. The predicted octanol–water partition coefficient (Wildman–Crippen LogP) is 5.51. The number of anilines is 1. The van der Waals surface area contributed by atoms with E-state index in [1.807, 2.05) is 43.0 Å². The average Bonchev–Trinajstić information content (AvgIpc) is 3.47. The van der Waals surface area contributed by atoms with Crippen LogP contribution in [0.3, 0.4) is 0 Å². The summed E-state index contributed by atoms with van der Waals surface area (Å²) in [6.45, 7) is 2.07. The molecule has 2 fully saturated rings. The second kappa shape index (κ2) is 7.92. The summed E-state index contributed by atoms with van der Waals surface area (Å²) in [5.74, 6) is 2.21. The van der Waals surface area contributed by atoms with Gasteiger partial charge in [-0.25, -0.2) is 0 Å². The van der Waals surface area contributed by atoms with Crippen molar-refractivity contribution >= 4 is 34.7 Å². The molecule has 5 atom stereocenters. The third kappa shape index (κ3) is 3.35. The highest BCUT2D eigenvalue weighted by atomic mass is 32.2. The second-order valence-electron chi connectivity index (χ2n) is 9.42. The molecular weight excluding hydrogens is 436 g/mol. The fourth-order valence-electron chi connectivity index (χ4n) is 6.19. The number of carbonyl (C=O) groups excluding carboxylic acids is 1. The molecule has 2 heterocycles. The van der Waals surface area contributed by atoms with Crippen LogP contribution in [-0.4, -0.2) is 15.7 Å². The van der Waals surface area contributed by atoms with Crippen molar-refractivity contribution in [3.8, 4) is 0 Å². The van der Waals surface area contributed by atoms with E-state index in [9.17, 15) is 9.59 Å². The first-order valence-corrected chi connectivity index (χ1v) is 13.1. The van der Waals surface area contributed by atoms with Crippen LogP contribution < -0.4 is 10.2 Å². The Hall–Kier alpha value is -2.31. The number of hydrogen-bond donors (Lipinski definition) is 1. The number of hydrogen-bond acceptors (Lipinski definition) is 4. The smallest absolute Gasteiger partial charge is 0.308 e. The lowest BCUT2D eigenvalue weighted by atomic mass is 9.75. The molecule has 164 valence electrons. The van der Waals surface area contributed by atoms with Gasteiger partial charge >= 0.3 is 4.87 Å². The Bertz CT molecular complexity index is 1230. The van der Waals surface area contributed by atoms with Crippen LogP contribution in [0.5, 0.6) is 0 Å². The second-order valence-corrected chi connectivity index (χ2v) is 11.6. The number of carbonyl (C=O) groups is 1. The first-order valence-electron chi connectivity index (χ1n) is 11.4. The number of thiazole rings is 1. The number of rotatable bonds is 4. The summed E-state index contributed by atoms with van der Waals surface area (Å²) >= 11 is 3.23. The van der Waals surface area contributed by atoms with E-state index < -0.39 is 0 Å². The normalized spacial score (nSPS) is 27.7. The summed E-state index contributed by atoms with van der Waals surface area (Å²) in [4.78, 5) is 27.1. The van der Waals surface area contributed by atoms with Crippen LogP contribution in [0.25, 0.3) is 0 Å². The molecule has 6 heteroatoms. The summed E-state index contributed by atoms with van der Waals surface area (Å²) in [5.41, 5.74) is 3.18. The predicted molar refractivity (Wildman–Crippen MR) is 131 cm³/mol. The van der Waals surface area contributed by atoms with Crippen LogP contribution in [0, 0.1) is 24.7 Å². The van der Waals surface area contributed by atoms with E-state index >= 15 is 0 Å². The molecule has 3 aromatic rings. The van der Waals surface area contributed by atoms with E-state index in [1.54, 1.807) is 4.57 Å². The quantitative estimate of drug-likeness (QED) is 0.556. The SMILES string of the molecule is Cc1cccc(NC(=O)Cn2c3c(sc2=O)[C@H](c2ccccc2)C2C4CCC(C4)C2S3)c1. The van der Waals surface area contributed by atoms with E-state index in [0.29, 0.717) is 11.2 Å². The van der Waals surface area contributed by atoms with Crippen LogP contribution >= 0.6 is 23.1 Å². The van der Waals surface area contributed by atoms with Crippen LogP contribution in [0.2, 0.25) is 0 Å². The summed E-state index contributed by atoms with van der Waals surface area (Å²) in [6, 6.07) is 18.5. The van der Waals surface area contributed by atoms with E-state index in [-0.39, 0.29) is 23.2 Å². The van der Waals surface area contributed by atoms with Gasteiger partial charge in [-0.2, -0.15) is 0 Å². The largest absolute Gasteiger partial charge is 0.325 e. The summed E-state index contributed by atoms with van der Waals surface area (Å²) < 4.78 is 1.73. The van der Waals surface area contributed by atoms with Gasteiger partial charge in [-0.1, -0.05) is 53.8 Å². The third-order valence-corrected chi connectivity index (χ3v) is 10.3. The van der Waals surface area contributed by atoms with Gasteiger partial charge in [0, 0.05) is 21.7 Å². The Morgan fingerprint density at radius 3 is 2.72 bits per heavy atom. The number of nitrogens with one attached hydrogen (secondary N) is 1. The first-order chi connectivity index (χ1) is 15.6. The van der Waals surface area contributed by atoms with Crippen molar-refractivity contribution in [2.45, 2.75) is 48.9 Å². The van der Waals surface area contributed by atoms with Gasteiger partial charge in [-0.05, 0) is 67.2 Å². The lowest BCUT2D eigenvalue weighted by Gasteiger charge is -2.40. The molecule has 1 amide bonds. The molecule has 2 bridgehead atoms. The van der Waals surface area contributed by atoms with Crippen LogP contribution in [0.4, 0.5) is 5.69 Å². The number of amides is 1. The molecule has 2 aliphatic carbocycles. The van der Waals surface area contributed by atoms with Crippen LogP contribution in [0.1, 0.15) is 41.2 Å². The Balaban J connectivity index is 1.36. The topological polar surface area (TPSA) is 51.1 Å². The van der Waals surface area contributed by atoms with Crippen molar-refractivity contribution in [3.05, 3.63) is 80.3 Å². The average molecular weight is 463 g/mol. The molecule has 4 nitrogen and oxygen atoms in total. The molecule has 0 spiro atoms. The first kappa shape index (κ1) is 20.3. The van der Waals surface area contributed by atoms with Gasteiger partial charge in [0.1, 0.15) is 6.54 Å². The van der Waals surface area contributed by atoms with Gasteiger partial charge in [-0.15, -0.1) is 11.8 Å². The third-order valence-electron chi connectivity index (χ3n) is 7.45. The fraction of sp³-hybridized carbons (Fsp3) is 0.385. The molecule has 2 saturated carbocycles. The number of nitrogens with zero attached hydrogens (tertiary/aromatic N) is 1. The molecule has 1 N–H and O–H groups in total. The van der Waals surface area contributed by atoms with Crippen molar-refractivity contribution < 1.29 is 4.79 Å². The molecule has 3 aliphatic rings. The maximum atomic E-state index is 13.1. The van der Waals surface area contributed by atoms with Gasteiger partial charge in [0.25, 0.3) is 0 Å². The maximum absolute atomic E-state index is 13.1. The lowest BCUT2D eigenvalue weighted by Crippen LogP contribution is -2.34. The van der Waals surface area contributed by atoms with Gasteiger partial charge in [-0.3, -0.25) is 14.2 Å². The zero-order chi connectivity index (χ0) is 21.8. The minimum absolute atomic E-state index is 0.0184. The van der Waals surface area contributed by atoms with E-state index in [0.717, 1.165) is 28.1 Å². The highest BCUT2D eigenvalue weighted by molar-refractivity contribution is 8.00. The maximum Gasteiger partial charge on any atom is 0.308 e. The zero-order valence-corrected chi connectivity index (χ0v) is 19.6. The molecule has 1 aromatic heterocycles. The summed E-state index contributed by atoms with van der Waals surface area (Å²) in [7, 11) is 0. The lowest BCUT2D eigenvalue weighted by molar-refractivity contribution is -0.116. The molecule has 1 aliphatic heterocycles. The molecule has 0 saturated heterocycles. The minimum atomic E-state index is -0.148. The number of fused-ring (bicyclic) bond motifs is 6.